The molecule has 0 fully saturated rings. The van der Waals surface area contributed by atoms with Crippen LogP contribution in [-0.4, -0.2) is 9.13 Å². The first kappa shape index (κ1) is 14.1. The zero-order chi connectivity index (χ0) is 14.0. The fourth-order valence-corrected chi connectivity index (χ4v) is 2.93. The van der Waals surface area contributed by atoms with Crippen molar-refractivity contribution in [1.82, 2.24) is 9.13 Å². The highest BCUT2D eigenvalue weighted by atomic mass is 79.9. The average molecular weight is 389 g/mol. The normalized spacial score (nSPS) is 10.6. The summed E-state index contributed by atoms with van der Waals surface area (Å²) in [5.74, 6) is 0. The van der Waals surface area contributed by atoms with Gasteiger partial charge in [-0.05, 0) is 44.0 Å². The second-order valence-electron chi connectivity index (χ2n) is 4.00. The van der Waals surface area contributed by atoms with Crippen LogP contribution in [0.2, 0.25) is 0 Å². The molecule has 0 saturated carbocycles. The van der Waals surface area contributed by atoms with Crippen LogP contribution in [0, 0.1) is 0 Å². The molecule has 0 saturated heterocycles. The van der Waals surface area contributed by atoms with Crippen LogP contribution in [-0.2, 0) is 13.1 Å². The zero-order valence-corrected chi connectivity index (χ0v) is 13.0. The monoisotopic (exact) mass is 387 g/mol. The lowest BCUT2D eigenvalue weighted by Crippen LogP contribution is -2.26. The van der Waals surface area contributed by atoms with Gasteiger partial charge in [0.25, 0.3) is 11.1 Å². The molecule has 2 rings (SSSR count). The molecule has 0 bridgehead atoms. The number of aromatic nitrogens is 2. The Kier molecular flexibility index (Phi) is 4.26. The summed E-state index contributed by atoms with van der Waals surface area (Å²) in [7, 11) is 0. The molecule has 0 spiro atoms. The summed E-state index contributed by atoms with van der Waals surface area (Å²) >= 11 is 6.52. The van der Waals surface area contributed by atoms with Crippen molar-refractivity contribution in [3.8, 4) is 0 Å². The number of anilines is 1. The van der Waals surface area contributed by atoms with E-state index in [4.69, 9.17) is 5.73 Å². The van der Waals surface area contributed by atoms with Gasteiger partial charge in [0, 0.05) is 41.7 Å². The van der Waals surface area contributed by atoms with Gasteiger partial charge < -0.3 is 14.9 Å². The number of hydrogen-bond donors (Lipinski definition) is 1. The summed E-state index contributed by atoms with van der Waals surface area (Å²) in [4.78, 5) is 23.5. The molecule has 0 radical (unpaired) electrons. The Labute approximate surface area is 125 Å². The smallest absolute Gasteiger partial charge is 0.264 e. The second kappa shape index (κ2) is 5.75. The second-order valence-corrected chi connectivity index (χ2v) is 5.77. The van der Waals surface area contributed by atoms with E-state index in [2.05, 4.69) is 31.9 Å². The van der Waals surface area contributed by atoms with E-state index in [1.54, 1.807) is 24.5 Å². The van der Waals surface area contributed by atoms with Crippen molar-refractivity contribution in [2.75, 3.05) is 5.73 Å². The lowest BCUT2D eigenvalue weighted by molar-refractivity contribution is 0.551. The first-order valence-electron chi connectivity index (χ1n) is 5.49. The van der Waals surface area contributed by atoms with Crippen LogP contribution in [0.3, 0.4) is 0 Å². The number of hydrogen-bond acceptors (Lipinski definition) is 3. The molecule has 2 aromatic heterocycles. The van der Waals surface area contributed by atoms with Gasteiger partial charge in [0.05, 0.1) is 4.47 Å². The molecule has 2 N–H and O–H groups in total. The minimum absolute atomic E-state index is 0.139. The molecule has 5 nitrogen and oxygen atoms in total. The van der Waals surface area contributed by atoms with E-state index >= 15 is 0 Å². The van der Waals surface area contributed by atoms with Crippen molar-refractivity contribution in [1.29, 1.82) is 0 Å². The van der Waals surface area contributed by atoms with Gasteiger partial charge in [-0.3, -0.25) is 9.59 Å². The van der Waals surface area contributed by atoms with Crippen LogP contribution in [0.25, 0.3) is 0 Å². The predicted molar refractivity (Wildman–Crippen MR) is 81.2 cm³/mol. The number of aryl methyl sites for hydroxylation is 2. The molecule has 2 aromatic rings. The molecule has 7 heteroatoms. The first-order chi connectivity index (χ1) is 8.97. The lowest BCUT2D eigenvalue weighted by Gasteiger charge is -2.09. The number of halogens is 2. The highest BCUT2D eigenvalue weighted by Gasteiger charge is 2.04. The minimum atomic E-state index is -0.142. The maximum absolute atomic E-state index is 11.9. The Bertz CT molecular complexity index is 722. The fourth-order valence-electron chi connectivity index (χ4n) is 1.67. The van der Waals surface area contributed by atoms with Crippen molar-refractivity contribution < 1.29 is 0 Å². The van der Waals surface area contributed by atoms with Crippen molar-refractivity contribution in [3.05, 3.63) is 60.2 Å². The zero-order valence-electron chi connectivity index (χ0n) is 9.85. The topological polar surface area (TPSA) is 70.0 Å². The number of nitrogen functional groups attached to an aromatic ring is 1. The summed E-state index contributed by atoms with van der Waals surface area (Å²) < 4.78 is 4.28. The third kappa shape index (κ3) is 3.36. The molecule has 0 aliphatic rings. The maximum Gasteiger partial charge on any atom is 0.264 e. The molecule has 2 heterocycles. The Morgan fingerprint density at radius 2 is 1.74 bits per heavy atom. The van der Waals surface area contributed by atoms with Crippen molar-refractivity contribution in [2.24, 2.45) is 0 Å². The Balaban J connectivity index is 2.26. The van der Waals surface area contributed by atoms with E-state index < -0.39 is 0 Å². The molecule has 100 valence electrons. The van der Waals surface area contributed by atoms with E-state index in [1.807, 2.05) is 0 Å². The molecule has 0 aliphatic carbocycles. The summed E-state index contributed by atoms with van der Waals surface area (Å²) in [6.07, 6.45) is 3.25. The van der Waals surface area contributed by atoms with Gasteiger partial charge in [-0.2, -0.15) is 0 Å². The van der Waals surface area contributed by atoms with Gasteiger partial charge >= 0.3 is 0 Å². The van der Waals surface area contributed by atoms with Gasteiger partial charge in [-0.1, -0.05) is 0 Å². The Hall–Kier alpha value is -1.34. The summed E-state index contributed by atoms with van der Waals surface area (Å²) in [5.41, 5.74) is 5.87. The van der Waals surface area contributed by atoms with E-state index in [0.29, 0.717) is 23.2 Å². The SMILES string of the molecule is Nc1ccc(=O)n(CCn2cc(Br)cc(Br)c2=O)c1. The number of rotatable bonds is 3. The predicted octanol–water partition coefficient (Wildman–Crippen LogP) is 1.82. The molecule has 0 unspecified atom stereocenters. The summed E-state index contributed by atoms with van der Waals surface area (Å²) in [6, 6.07) is 4.65. The highest BCUT2D eigenvalue weighted by molar-refractivity contribution is 9.11. The molecule has 19 heavy (non-hydrogen) atoms. The average Bonchev–Trinajstić information content (AvgIpc) is 2.35. The number of nitrogens with two attached hydrogens (primary N) is 1. The Morgan fingerprint density at radius 3 is 2.47 bits per heavy atom. The van der Waals surface area contributed by atoms with Gasteiger partial charge in [0.1, 0.15) is 0 Å². The van der Waals surface area contributed by atoms with Crippen molar-refractivity contribution >= 4 is 37.5 Å². The van der Waals surface area contributed by atoms with Gasteiger partial charge in [0.15, 0.2) is 0 Å². The largest absolute Gasteiger partial charge is 0.398 e. The first-order valence-corrected chi connectivity index (χ1v) is 7.07. The molecule has 0 amide bonds. The van der Waals surface area contributed by atoms with Crippen LogP contribution in [0.1, 0.15) is 0 Å². The van der Waals surface area contributed by atoms with Gasteiger partial charge in [-0.25, -0.2) is 0 Å². The van der Waals surface area contributed by atoms with E-state index in [9.17, 15) is 9.59 Å². The molecule has 0 aliphatic heterocycles. The van der Waals surface area contributed by atoms with E-state index in [0.717, 1.165) is 4.47 Å². The molecule has 0 atom stereocenters. The quantitative estimate of drug-likeness (QED) is 0.871. The number of nitrogens with zero attached hydrogens (tertiary/aromatic N) is 2. The summed E-state index contributed by atoms with van der Waals surface area (Å²) in [5, 5.41) is 0. The lowest BCUT2D eigenvalue weighted by atomic mass is 10.4. The highest BCUT2D eigenvalue weighted by Crippen LogP contribution is 2.12. The molecule has 0 aromatic carbocycles. The number of pyridine rings is 2. The van der Waals surface area contributed by atoms with Crippen LogP contribution in [0.15, 0.2) is 49.1 Å². The van der Waals surface area contributed by atoms with Crippen molar-refractivity contribution in [2.45, 2.75) is 13.1 Å². The summed E-state index contributed by atoms with van der Waals surface area (Å²) in [6.45, 7) is 0.771. The minimum Gasteiger partial charge on any atom is -0.398 e. The maximum atomic E-state index is 11.9. The van der Waals surface area contributed by atoms with Crippen LogP contribution >= 0.6 is 31.9 Å². The van der Waals surface area contributed by atoms with Crippen LogP contribution < -0.4 is 16.9 Å². The molecular formula is C12H11Br2N3O2. The fraction of sp³-hybridized carbons (Fsp3) is 0.167. The Morgan fingerprint density at radius 1 is 1.05 bits per heavy atom. The standard InChI is InChI=1S/C12H11Br2N3O2/c13-8-5-10(14)12(19)17(6-8)4-3-16-7-9(15)1-2-11(16)18/h1-2,5-7H,3-4,15H2. The third-order valence-corrected chi connectivity index (χ3v) is 3.60. The van der Waals surface area contributed by atoms with Gasteiger partial charge in [-0.15, -0.1) is 0 Å². The van der Waals surface area contributed by atoms with E-state index in [1.165, 1.54) is 15.2 Å². The third-order valence-electron chi connectivity index (χ3n) is 2.60. The van der Waals surface area contributed by atoms with Crippen LogP contribution in [0.4, 0.5) is 5.69 Å². The van der Waals surface area contributed by atoms with E-state index in [-0.39, 0.29) is 11.1 Å². The van der Waals surface area contributed by atoms with Crippen molar-refractivity contribution in [3.63, 3.8) is 0 Å². The molecular weight excluding hydrogens is 378 g/mol. The van der Waals surface area contributed by atoms with Crippen LogP contribution in [0.5, 0.6) is 0 Å². The van der Waals surface area contributed by atoms with Gasteiger partial charge in [0.2, 0.25) is 0 Å².